The lowest BCUT2D eigenvalue weighted by Gasteiger charge is -2.07. The number of nitrogens with two attached hydrogens (primary N) is 1. The normalized spacial score (nSPS) is 13.2. The lowest BCUT2D eigenvalue weighted by atomic mass is 10.1. The van der Waals surface area contributed by atoms with Gasteiger partial charge in [0.1, 0.15) is 0 Å². The van der Waals surface area contributed by atoms with Crippen molar-refractivity contribution < 1.29 is 4.74 Å². The Hall–Kier alpha value is -0.870. The van der Waals surface area contributed by atoms with E-state index in [-0.39, 0.29) is 6.04 Å². The first-order chi connectivity index (χ1) is 6.24. The first-order valence-electron chi connectivity index (χ1n) is 4.46. The van der Waals surface area contributed by atoms with Gasteiger partial charge < -0.3 is 15.0 Å². The highest BCUT2D eigenvalue weighted by Crippen LogP contribution is 2.12. The topological polar surface area (TPSA) is 53.1 Å². The van der Waals surface area contributed by atoms with Crippen LogP contribution in [0.15, 0.2) is 12.5 Å². The molecule has 0 fully saturated rings. The Labute approximate surface area is 78.7 Å². The maximum atomic E-state index is 5.92. The van der Waals surface area contributed by atoms with Crippen molar-refractivity contribution in [2.24, 2.45) is 12.8 Å². The Bertz CT molecular complexity index is 247. The van der Waals surface area contributed by atoms with Crippen LogP contribution in [0.3, 0.4) is 0 Å². The Kier molecular flexibility index (Phi) is 3.92. The van der Waals surface area contributed by atoms with Gasteiger partial charge in [-0.25, -0.2) is 4.98 Å². The minimum Gasteiger partial charge on any atom is -0.385 e. The number of aryl methyl sites for hydroxylation is 1. The predicted octanol–water partition coefficient (Wildman–Crippen LogP) is 0.846. The van der Waals surface area contributed by atoms with Gasteiger partial charge in [-0.1, -0.05) is 0 Å². The summed E-state index contributed by atoms with van der Waals surface area (Å²) in [5, 5.41) is 0. The Balaban J connectivity index is 2.35. The summed E-state index contributed by atoms with van der Waals surface area (Å²) >= 11 is 0. The Morgan fingerprint density at radius 2 is 2.46 bits per heavy atom. The Morgan fingerprint density at radius 1 is 1.69 bits per heavy atom. The second-order valence-electron chi connectivity index (χ2n) is 3.21. The van der Waals surface area contributed by atoms with Gasteiger partial charge in [-0.3, -0.25) is 0 Å². The molecule has 1 aromatic heterocycles. The van der Waals surface area contributed by atoms with E-state index >= 15 is 0 Å². The fourth-order valence-electron chi connectivity index (χ4n) is 1.22. The SMILES string of the molecule is COCCCC(N)c1cn(C)cn1. The van der Waals surface area contributed by atoms with E-state index in [4.69, 9.17) is 10.5 Å². The van der Waals surface area contributed by atoms with E-state index in [9.17, 15) is 0 Å². The molecule has 4 nitrogen and oxygen atoms in total. The van der Waals surface area contributed by atoms with E-state index in [0.717, 1.165) is 25.1 Å². The highest BCUT2D eigenvalue weighted by molar-refractivity contribution is 5.02. The van der Waals surface area contributed by atoms with E-state index in [1.165, 1.54) is 0 Å². The molecule has 0 spiro atoms. The van der Waals surface area contributed by atoms with Crippen molar-refractivity contribution in [3.8, 4) is 0 Å². The quantitative estimate of drug-likeness (QED) is 0.688. The fourth-order valence-corrected chi connectivity index (χ4v) is 1.22. The highest BCUT2D eigenvalue weighted by atomic mass is 16.5. The molecule has 4 heteroatoms. The molecule has 0 amide bonds. The minimum atomic E-state index is 0.0383. The molecule has 1 rings (SSSR count). The number of imidazole rings is 1. The lowest BCUT2D eigenvalue weighted by Crippen LogP contribution is -2.11. The van der Waals surface area contributed by atoms with Crippen molar-refractivity contribution >= 4 is 0 Å². The van der Waals surface area contributed by atoms with Crippen molar-refractivity contribution in [2.45, 2.75) is 18.9 Å². The van der Waals surface area contributed by atoms with Gasteiger partial charge in [0.25, 0.3) is 0 Å². The zero-order valence-electron chi connectivity index (χ0n) is 8.23. The summed E-state index contributed by atoms with van der Waals surface area (Å²) in [6.07, 6.45) is 5.63. The summed E-state index contributed by atoms with van der Waals surface area (Å²) in [5.74, 6) is 0. The van der Waals surface area contributed by atoms with Crippen molar-refractivity contribution in [1.82, 2.24) is 9.55 Å². The van der Waals surface area contributed by atoms with E-state index in [0.29, 0.717) is 0 Å². The maximum Gasteiger partial charge on any atom is 0.0947 e. The molecule has 0 bridgehead atoms. The van der Waals surface area contributed by atoms with Crippen LogP contribution in [0, 0.1) is 0 Å². The summed E-state index contributed by atoms with van der Waals surface area (Å²) in [5.41, 5.74) is 6.87. The van der Waals surface area contributed by atoms with Crippen molar-refractivity contribution in [1.29, 1.82) is 0 Å². The predicted molar refractivity (Wildman–Crippen MR) is 51.2 cm³/mol. The van der Waals surface area contributed by atoms with Crippen molar-refractivity contribution in [2.75, 3.05) is 13.7 Å². The second kappa shape index (κ2) is 4.99. The largest absolute Gasteiger partial charge is 0.385 e. The summed E-state index contributed by atoms with van der Waals surface area (Å²) in [7, 11) is 3.64. The average Bonchev–Trinajstić information content (AvgIpc) is 2.52. The molecule has 0 aliphatic rings. The summed E-state index contributed by atoms with van der Waals surface area (Å²) in [6, 6.07) is 0.0383. The number of hydrogen-bond acceptors (Lipinski definition) is 3. The van der Waals surface area contributed by atoms with Gasteiger partial charge in [0.15, 0.2) is 0 Å². The van der Waals surface area contributed by atoms with Gasteiger partial charge in [0, 0.05) is 33.0 Å². The van der Waals surface area contributed by atoms with Crippen LogP contribution < -0.4 is 5.73 Å². The van der Waals surface area contributed by atoms with Gasteiger partial charge >= 0.3 is 0 Å². The van der Waals surface area contributed by atoms with Crippen LogP contribution in [0.2, 0.25) is 0 Å². The van der Waals surface area contributed by atoms with Gasteiger partial charge in [0.2, 0.25) is 0 Å². The monoisotopic (exact) mass is 183 g/mol. The maximum absolute atomic E-state index is 5.92. The zero-order chi connectivity index (χ0) is 9.68. The minimum absolute atomic E-state index is 0.0383. The van der Waals surface area contributed by atoms with Gasteiger partial charge in [-0.15, -0.1) is 0 Å². The third-order valence-corrected chi connectivity index (χ3v) is 1.97. The number of hydrogen-bond donors (Lipinski definition) is 1. The van der Waals surface area contributed by atoms with Crippen LogP contribution in [-0.4, -0.2) is 23.3 Å². The van der Waals surface area contributed by atoms with E-state index < -0.39 is 0 Å². The highest BCUT2D eigenvalue weighted by Gasteiger charge is 2.07. The fraction of sp³-hybridized carbons (Fsp3) is 0.667. The second-order valence-corrected chi connectivity index (χ2v) is 3.21. The van der Waals surface area contributed by atoms with Gasteiger partial charge in [0.05, 0.1) is 12.0 Å². The molecule has 1 unspecified atom stereocenters. The molecule has 13 heavy (non-hydrogen) atoms. The van der Waals surface area contributed by atoms with Crippen LogP contribution in [0.5, 0.6) is 0 Å². The summed E-state index contributed by atoms with van der Waals surface area (Å²) < 4.78 is 6.86. The molecular formula is C9H17N3O. The van der Waals surface area contributed by atoms with Gasteiger partial charge in [-0.05, 0) is 12.8 Å². The van der Waals surface area contributed by atoms with E-state index in [2.05, 4.69) is 4.98 Å². The molecule has 0 radical (unpaired) electrons. The molecule has 0 aliphatic carbocycles. The zero-order valence-corrected chi connectivity index (χ0v) is 8.23. The first-order valence-corrected chi connectivity index (χ1v) is 4.46. The summed E-state index contributed by atoms with van der Waals surface area (Å²) in [6.45, 7) is 0.764. The Morgan fingerprint density at radius 3 is 3.00 bits per heavy atom. The lowest BCUT2D eigenvalue weighted by molar-refractivity contribution is 0.190. The number of nitrogens with zero attached hydrogens (tertiary/aromatic N) is 2. The molecule has 74 valence electrons. The van der Waals surface area contributed by atoms with Crippen LogP contribution in [0.1, 0.15) is 24.6 Å². The third kappa shape index (κ3) is 3.16. The van der Waals surface area contributed by atoms with E-state index in [1.807, 2.05) is 17.8 Å². The van der Waals surface area contributed by atoms with Crippen LogP contribution in [0.4, 0.5) is 0 Å². The van der Waals surface area contributed by atoms with E-state index in [1.54, 1.807) is 13.4 Å². The smallest absolute Gasteiger partial charge is 0.0947 e. The molecule has 2 N–H and O–H groups in total. The average molecular weight is 183 g/mol. The molecule has 0 aliphatic heterocycles. The third-order valence-electron chi connectivity index (χ3n) is 1.97. The number of aromatic nitrogens is 2. The van der Waals surface area contributed by atoms with Crippen molar-refractivity contribution in [3.05, 3.63) is 18.2 Å². The van der Waals surface area contributed by atoms with Crippen molar-refractivity contribution in [3.63, 3.8) is 0 Å². The molecule has 0 saturated heterocycles. The first kappa shape index (κ1) is 10.2. The van der Waals surface area contributed by atoms with Crippen LogP contribution >= 0.6 is 0 Å². The number of ether oxygens (including phenoxy) is 1. The molecule has 0 aromatic carbocycles. The summed E-state index contributed by atoms with van der Waals surface area (Å²) in [4.78, 5) is 4.19. The number of methoxy groups -OCH3 is 1. The number of rotatable bonds is 5. The molecule has 1 atom stereocenters. The molecule has 0 saturated carbocycles. The molecular weight excluding hydrogens is 166 g/mol. The van der Waals surface area contributed by atoms with Gasteiger partial charge in [-0.2, -0.15) is 0 Å². The van der Waals surface area contributed by atoms with Crippen LogP contribution in [-0.2, 0) is 11.8 Å². The van der Waals surface area contributed by atoms with Crippen LogP contribution in [0.25, 0.3) is 0 Å². The standard InChI is InChI=1S/C9H17N3O/c1-12-6-9(11-7-12)8(10)4-3-5-13-2/h6-8H,3-5,10H2,1-2H3. The molecule has 1 heterocycles. The molecule has 1 aromatic rings.